The summed E-state index contributed by atoms with van der Waals surface area (Å²) >= 11 is 9.44. The van der Waals surface area contributed by atoms with Gasteiger partial charge in [-0.2, -0.15) is 0 Å². The first kappa shape index (κ1) is 17.8. The number of amides is 2. The van der Waals surface area contributed by atoms with E-state index >= 15 is 0 Å². The normalized spacial score (nSPS) is 13.9. The maximum atomic E-state index is 12.5. The van der Waals surface area contributed by atoms with Gasteiger partial charge in [-0.3, -0.25) is 9.59 Å². The van der Waals surface area contributed by atoms with Crippen molar-refractivity contribution in [1.82, 2.24) is 0 Å². The number of nitrogens with one attached hydrogen (secondary N) is 1. The molecule has 0 atom stereocenters. The molecule has 1 aliphatic rings. The summed E-state index contributed by atoms with van der Waals surface area (Å²) in [5.74, 6) is 0.320. The quantitative estimate of drug-likeness (QED) is 0.788. The van der Waals surface area contributed by atoms with Crippen molar-refractivity contribution >= 4 is 50.7 Å². The summed E-state index contributed by atoms with van der Waals surface area (Å²) in [6.07, 6.45) is 1.33. The zero-order chi connectivity index (χ0) is 18.0. The summed E-state index contributed by atoms with van der Waals surface area (Å²) in [6, 6.07) is 10.3. The van der Waals surface area contributed by atoms with Gasteiger partial charge in [0.15, 0.2) is 0 Å². The van der Waals surface area contributed by atoms with Crippen LogP contribution < -0.4 is 15.0 Å². The summed E-state index contributed by atoms with van der Waals surface area (Å²) in [7, 11) is 1.55. The lowest BCUT2D eigenvalue weighted by Gasteiger charge is -2.20. The fraction of sp³-hybridized carbons (Fsp3) is 0.222. The molecular weight excluding hydrogens is 408 g/mol. The Labute approximate surface area is 159 Å². The predicted molar refractivity (Wildman–Crippen MR) is 102 cm³/mol. The minimum Gasteiger partial charge on any atom is -0.495 e. The fourth-order valence-electron chi connectivity index (χ4n) is 2.75. The number of nitrogens with zero attached hydrogens (tertiary/aromatic N) is 1. The summed E-state index contributed by atoms with van der Waals surface area (Å²) in [4.78, 5) is 26.2. The van der Waals surface area contributed by atoms with Crippen LogP contribution in [0.15, 0.2) is 40.9 Å². The van der Waals surface area contributed by atoms with Gasteiger partial charge < -0.3 is 15.0 Å². The molecule has 130 valence electrons. The van der Waals surface area contributed by atoms with Crippen molar-refractivity contribution in [3.63, 3.8) is 0 Å². The van der Waals surface area contributed by atoms with Crippen molar-refractivity contribution in [3.8, 4) is 5.75 Å². The van der Waals surface area contributed by atoms with Crippen LogP contribution in [0.1, 0.15) is 23.2 Å². The molecule has 0 bridgehead atoms. The van der Waals surface area contributed by atoms with Gasteiger partial charge in [0, 0.05) is 23.1 Å². The second-order valence-electron chi connectivity index (χ2n) is 5.61. The summed E-state index contributed by atoms with van der Waals surface area (Å²) in [6.45, 7) is 0.643. The molecule has 0 saturated carbocycles. The molecule has 7 heteroatoms. The maximum absolute atomic E-state index is 12.5. The van der Waals surface area contributed by atoms with Gasteiger partial charge in [-0.1, -0.05) is 27.5 Å². The van der Waals surface area contributed by atoms with Gasteiger partial charge in [-0.25, -0.2) is 0 Å². The third-order valence-electron chi connectivity index (χ3n) is 3.97. The maximum Gasteiger partial charge on any atom is 0.257 e. The Morgan fingerprint density at radius 1 is 1.28 bits per heavy atom. The Morgan fingerprint density at radius 3 is 2.76 bits per heavy atom. The van der Waals surface area contributed by atoms with Gasteiger partial charge in [-0.05, 0) is 42.8 Å². The Hall–Kier alpha value is -2.05. The first-order valence-corrected chi connectivity index (χ1v) is 8.91. The molecule has 0 radical (unpaired) electrons. The van der Waals surface area contributed by atoms with E-state index in [1.165, 1.54) is 0 Å². The number of ether oxygens (including phenoxy) is 1. The molecular formula is C18H16BrClN2O3. The number of hydrogen-bond acceptors (Lipinski definition) is 3. The molecule has 5 nitrogen and oxygen atoms in total. The number of carbonyl (C=O) groups excluding carboxylic acids is 2. The number of halogens is 2. The predicted octanol–water partition coefficient (Wildman–Crippen LogP) is 4.49. The molecule has 1 saturated heterocycles. The van der Waals surface area contributed by atoms with Crippen LogP contribution in [-0.4, -0.2) is 25.5 Å². The van der Waals surface area contributed by atoms with Gasteiger partial charge in [0.25, 0.3) is 5.91 Å². The first-order chi connectivity index (χ1) is 12.0. The molecule has 2 amide bonds. The van der Waals surface area contributed by atoms with E-state index in [-0.39, 0.29) is 11.8 Å². The molecule has 0 spiro atoms. The largest absolute Gasteiger partial charge is 0.495 e. The number of benzene rings is 2. The third kappa shape index (κ3) is 3.80. The average Bonchev–Trinajstić information content (AvgIpc) is 3.02. The summed E-state index contributed by atoms with van der Waals surface area (Å²) < 4.78 is 6.12. The van der Waals surface area contributed by atoms with E-state index in [0.29, 0.717) is 40.7 Å². The molecule has 0 aromatic heterocycles. The van der Waals surface area contributed by atoms with Crippen LogP contribution in [0.25, 0.3) is 0 Å². The topological polar surface area (TPSA) is 58.6 Å². The van der Waals surface area contributed by atoms with Gasteiger partial charge in [0.05, 0.1) is 23.4 Å². The number of methoxy groups -OCH3 is 1. The minimum atomic E-state index is -0.324. The molecule has 0 aliphatic carbocycles. The van der Waals surface area contributed by atoms with E-state index in [9.17, 15) is 9.59 Å². The number of rotatable bonds is 4. The third-order valence-corrected chi connectivity index (χ3v) is 4.80. The Kier molecular flexibility index (Phi) is 5.30. The van der Waals surface area contributed by atoms with Crippen molar-refractivity contribution in [2.45, 2.75) is 12.8 Å². The molecule has 2 aromatic carbocycles. The highest BCUT2D eigenvalue weighted by Gasteiger charge is 2.25. The highest BCUT2D eigenvalue weighted by atomic mass is 79.9. The zero-order valence-corrected chi connectivity index (χ0v) is 15.9. The van der Waals surface area contributed by atoms with E-state index in [4.69, 9.17) is 16.3 Å². The van der Waals surface area contributed by atoms with Crippen LogP contribution in [0.3, 0.4) is 0 Å². The Bertz CT molecular complexity index is 841. The average molecular weight is 424 g/mol. The summed E-state index contributed by atoms with van der Waals surface area (Å²) in [5.41, 5.74) is 1.59. The number of anilines is 2. The molecule has 1 fully saturated rings. The fourth-order valence-corrected chi connectivity index (χ4v) is 3.32. The molecule has 25 heavy (non-hydrogen) atoms. The Balaban J connectivity index is 1.89. The second-order valence-corrected chi connectivity index (χ2v) is 6.94. The SMILES string of the molecule is COc1ccc(NC(=O)c2cc(Br)ccc2Cl)cc1N1CCCC1=O. The van der Waals surface area contributed by atoms with Crippen LogP contribution in [0.2, 0.25) is 5.02 Å². The lowest BCUT2D eigenvalue weighted by atomic mass is 10.2. The number of hydrogen-bond donors (Lipinski definition) is 1. The molecule has 1 N–H and O–H groups in total. The molecule has 1 heterocycles. The molecule has 3 rings (SSSR count). The highest BCUT2D eigenvalue weighted by Crippen LogP contribution is 2.34. The van der Waals surface area contributed by atoms with Crippen LogP contribution in [0, 0.1) is 0 Å². The van der Waals surface area contributed by atoms with Gasteiger partial charge in [-0.15, -0.1) is 0 Å². The molecule has 2 aromatic rings. The van der Waals surface area contributed by atoms with Gasteiger partial charge in [0.2, 0.25) is 5.91 Å². The van der Waals surface area contributed by atoms with Crippen molar-refractivity contribution in [3.05, 3.63) is 51.5 Å². The second kappa shape index (κ2) is 7.45. The standard InChI is InChI=1S/C18H16BrClN2O3/c1-25-16-7-5-12(10-15(16)22-8-2-3-17(22)23)21-18(24)13-9-11(19)4-6-14(13)20/h4-7,9-10H,2-3,8H2,1H3,(H,21,24). The molecule has 0 unspecified atom stereocenters. The van der Waals surface area contributed by atoms with E-state index in [0.717, 1.165) is 10.9 Å². The van der Waals surface area contributed by atoms with Crippen LogP contribution in [0.4, 0.5) is 11.4 Å². The van der Waals surface area contributed by atoms with E-state index in [1.807, 2.05) is 0 Å². The van der Waals surface area contributed by atoms with Crippen LogP contribution >= 0.6 is 27.5 Å². The van der Waals surface area contributed by atoms with Crippen LogP contribution in [-0.2, 0) is 4.79 Å². The van der Waals surface area contributed by atoms with Crippen molar-refractivity contribution in [2.75, 3.05) is 23.9 Å². The zero-order valence-electron chi connectivity index (χ0n) is 13.5. The lowest BCUT2D eigenvalue weighted by molar-refractivity contribution is -0.117. The van der Waals surface area contributed by atoms with Crippen molar-refractivity contribution in [2.24, 2.45) is 0 Å². The minimum absolute atomic E-state index is 0.0526. The molecule has 1 aliphatic heterocycles. The van der Waals surface area contributed by atoms with Crippen molar-refractivity contribution in [1.29, 1.82) is 0 Å². The van der Waals surface area contributed by atoms with Crippen LogP contribution in [0.5, 0.6) is 5.75 Å². The number of carbonyl (C=O) groups is 2. The first-order valence-electron chi connectivity index (χ1n) is 7.74. The Morgan fingerprint density at radius 2 is 2.08 bits per heavy atom. The summed E-state index contributed by atoms with van der Waals surface area (Å²) in [5, 5.41) is 3.18. The van der Waals surface area contributed by atoms with Crippen molar-refractivity contribution < 1.29 is 14.3 Å². The van der Waals surface area contributed by atoms with E-state index in [1.54, 1.807) is 48.4 Å². The van der Waals surface area contributed by atoms with E-state index in [2.05, 4.69) is 21.2 Å². The lowest BCUT2D eigenvalue weighted by Crippen LogP contribution is -2.24. The smallest absolute Gasteiger partial charge is 0.257 e. The highest BCUT2D eigenvalue weighted by molar-refractivity contribution is 9.10. The van der Waals surface area contributed by atoms with E-state index < -0.39 is 0 Å². The van der Waals surface area contributed by atoms with Gasteiger partial charge >= 0.3 is 0 Å². The van der Waals surface area contributed by atoms with Gasteiger partial charge in [0.1, 0.15) is 5.75 Å². The monoisotopic (exact) mass is 422 g/mol.